The largest absolute Gasteiger partial charge is 0.375 e. The van der Waals surface area contributed by atoms with Crippen LogP contribution in [0, 0.1) is 27.3 Å². The second-order valence-corrected chi connectivity index (χ2v) is 6.78. The summed E-state index contributed by atoms with van der Waals surface area (Å²) in [5, 5.41) is 26.0. The van der Waals surface area contributed by atoms with Crippen LogP contribution in [0.1, 0.15) is 28.8 Å². The zero-order valence-electron chi connectivity index (χ0n) is 15.8. The van der Waals surface area contributed by atoms with Crippen LogP contribution in [-0.2, 0) is 0 Å². The molecule has 8 nitrogen and oxygen atoms in total. The SMILES string of the molecule is CNC(=O)c1ccc(NC2CCCN(c3ccc(C#N)cc3F)C2)c([N+](=O)[O-])c1. The lowest BCUT2D eigenvalue weighted by Gasteiger charge is -2.35. The van der Waals surface area contributed by atoms with Crippen LogP contribution in [0.25, 0.3) is 0 Å². The third-order valence-corrected chi connectivity index (χ3v) is 4.88. The number of nitro benzene ring substituents is 1. The summed E-state index contributed by atoms with van der Waals surface area (Å²) in [5.41, 5.74) is 0.988. The van der Waals surface area contributed by atoms with Crippen molar-refractivity contribution >= 4 is 23.0 Å². The van der Waals surface area contributed by atoms with Crippen molar-refractivity contribution in [1.82, 2.24) is 5.32 Å². The Hall–Kier alpha value is -3.67. The third-order valence-electron chi connectivity index (χ3n) is 4.88. The van der Waals surface area contributed by atoms with Crippen molar-refractivity contribution in [2.24, 2.45) is 0 Å². The van der Waals surface area contributed by atoms with Gasteiger partial charge in [-0.25, -0.2) is 4.39 Å². The Bertz CT molecular complexity index is 989. The van der Waals surface area contributed by atoms with Gasteiger partial charge in [-0.05, 0) is 43.2 Å². The maximum atomic E-state index is 14.4. The highest BCUT2D eigenvalue weighted by Gasteiger charge is 2.25. The van der Waals surface area contributed by atoms with E-state index in [0.717, 1.165) is 12.8 Å². The maximum Gasteiger partial charge on any atom is 0.293 e. The van der Waals surface area contributed by atoms with Crippen LogP contribution in [0.5, 0.6) is 0 Å². The average Bonchev–Trinajstić information content (AvgIpc) is 2.73. The number of hydrogen-bond acceptors (Lipinski definition) is 6. The minimum atomic E-state index is -0.532. The highest BCUT2D eigenvalue weighted by atomic mass is 19.1. The number of carbonyl (C=O) groups excluding carboxylic acids is 1. The highest BCUT2D eigenvalue weighted by molar-refractivity contribution is 5.95. The van der Waals surface area contributed by atoms with E-state index in [-0.39, 0.29) is 22.9 Å². The van der Waals surface area contributed by atoms with E-state index in [1.165, 1.54) is 31.3 Å². The number of halogens is 1. The predicted octanol–water partition coefficient (Wildman–Crippen LogP) is 3.05. The van der Waals surface area contributed by atoms with Crippen molar-refractivity contribution < 1.29 is 14.1 Å². The summed E-state index contributed by atoms with van der Waals surface area (Å²) in [6, 6.07) is 10.4. The molecule has 1 saturated heterocycles. The Labute approximate surface area is 167 Å². The Balaban J connectivity index is 1.79. The van der Waals surface area contributed by atoms with Gasteiger partial charge >= 0.3 is 0 Å². The summed E-state index contributed by atoms with van der Waals surface area (Å²) >= 11 is 0. The first-order valence-electron chi connectivity index (χ1n) is 9.14. The van der Waals surface area contributed by atoms with E-state index in [9.17, 15) is 19.3 Å². The number of nitro groups is 1. The number of anilines is 2. The zero-order valence-corrected chi connectivity index (χ0v) is 15.8. The summed E-state index contributed by atoms with van der Waals surface area (Å²) in [6.07, 6.45) is 1.55. The molecule has 0 aromatic heterocycles. The number of hydrogen-bond donors (Lipinski definition) is 2. The van der Waals surface area contributed by atoms with Crippen LogP contribution in [0.3, 0.4) is 0 Å². The molecule has 1 aliphatic heterocycles. The van der Waals surface area contributed by atoms with Gasteiger partial charge in [0.25, 0.3) is 11.6 Å². The van der Waals surface area contributed by atoms with Crippen molar-refractivity contribution in [1.29, 1.82) is 5.26 Å². The summed E-state index contributed by atoms with van der Waals surface area (Å²) in [7, 11) is 1.46. The van der Waals surface area contributed by atoms with Gasteiger partial charge in [-0.1, -0.05) is 0 Å². The van der Waals surface area contributed by atoms with Gasteiger partial charge in [0.1, 0.15) is 11.5 Å². The van der Waals surface area contributed by atoms with E-state index in [2.05, 4.69) is 10.6 Å². The Morgan fingerprint density at radius 2 is 2.14 bits per heavy atom. The molecular formula is C20H20FN5O3. The van der Waals surface area contributed by atoms with Gasteiger partial charge in [-0.3, -0.25) is 14.9 Å². The standard InChI is InChI=1S/C20H20FN5O3/c1-23-20(27)14-5-6-17(19(10-14)26(28)29)24-15-3-2-8-25(12-15)18-7-4-13(11-22)9-16(18)21/h4-7,9-10,15,24H,2-3,8,12H2,1H3,(H,23,27). The number of rotatable bonds is 5. The molecule has 1 amide bonds. The van der Waals surface area contributed by atoms with E-state index < -0.39 is 16.6 Å². The van der Waals surface area contributed by atoms with Crippen LogP contribution in [0.2, 0.25) is 0 Å². The fraction of sp³-hybridized carbons (Fsp3) is 0.300. The van der Waals surface area contributed by atoms with Crippen molar-refractivity contribution in [3.05, 3.63) is 63.5 Å². The van der Waals surface area contributed by atoms with Gasteiger partial charge in [0.05, 0.1) is 22.2 Å². The molecule has 1 atom stereocenters. The second-order valence-electron chi connectivity index (χ2n) is 6.78. The first-order chi connectivity index (χ1) is 13.9. The van der Waals surface area contributed by atoms with Crippen molar-refractivity contribution in [2.45, 2.75) is 18.9 Å². The Morgan fingerprint density at radius 1 is 1.34 bits per heavy atom. The molecule has 2 aromatic rings. The molecule has 0 bridgehead atoms. The molecule has 1 aliphatic rings. The number of piperidine rings is 1. The lowest BCUT2D eigenvalue weighted by molar-refractivity contribution is -0.384. The lowest BCUT2D eigenvalue weighted by atomic mass is 10.0. The van der Waals surface area contributed by atoms with Crippen LogP contribution in [-0.4, -0.2) is 37.0 Å². The molecule has 1 heterocycles. The third kappa shape index (κ3) is 4.43. The van der Waals surface area contributed by atoms with Gasteiger partial charge in [-0.15, -0.1) is 0 Å². The molecular weight excluding hydrogens is 377 g/mol. The topological polar surface area (TPSA) is 111 Å². The highest BCUT2D eigenvalue weighted by Crippen LogP contribution is 2.29. The van der Waals surface area contributed by atoms with Crippen molar-refractivity contribution in [3.8, 4) is 6.07 Å². The van der Waals surface area contributed by atoms with Crippen LogP contribution in [0.15, 0.2) is 36.4 Å². The molecule has 2 aromatic carbocycles. The molecule has 1 fully saturated rings. The van der Waals surface area contributed by atoms with Crippen molar-refractivity contribution in [2.75, 3.05) is 30.4 Å². The average molecular weight is 397 g/mol. The molecule has 0 spiro atoms. The second kappa shape index (κ2) is 8.56. The summed E-state index contributed by atoms with van der Waals surface area (Å²) in [4.78, 5) is 24.5. The molecule has 29 heavy (non-hydrogen) atoms. The number of nitrogens with zero attached hydrogens (tertiary/aromatic N) is 3. The fourth-order valence-electron chi connectivity index (χ4n) is 3.46. The Kier molecular flexibility index (Phi) is 5.93. The fourth-order valence-corrected chi connectivity index (χ4v) is 3.46. The van der Waals surface area contributed by atoms with E-state index in [0.29, 0.717) is 24.5 Å². The van der Waals surface area contributed by atoms with Gasteiger partial charge in [0.15, 0.2) is 0 Å². The van der Waals surface area contributed by atoms with Gasteiger partial charge in [-0.2, -0.15) is 5.26 Å². The van der Waals surface area contributed by atoms with Gasteiger partial charge in [0.2, 0.25) is 0 Å². The molecule has 150 valence electrons. The minimum absolute atomic E-state index is 0.136. The van der Waals surface area contributed by atoms with Crippen LogP contribution >= 0.6 is 0 Å². The van der Waals surface area contributed by atoms with Crippen LogP contribution in [0.4, 0.5) is 21.5 Å². The van der Waals surface area contributed by atoms with E-state index >= 15 is 0 Å². The summed E-state index contributed by atoms with van der Waals surface area (Å²) in [5.74, 6) is -0.870. The van der Waals surface area contributed by atoms with Crippen molar-refractivity contribution in [3.63, 3.8) is 0 Å². The number of benzene rings is 2. The first-order valence-corrected chi connectivity index (χ1v) is 9.14. The van der Waals surface area contributed by atoms with Gasteiger partial charge < -0.3 is 15.5 Å². The number of carbonyl (C=O) groups is 1. The van der Waals surface area contributed by atoms with Gasteiger partial charge in [0, 0.05) is 37.8 Å². The Morgan fingerprint density at radius 3 is 2.79 bits per heavy atom. The monoisotopic (exact) mass is 397 g/mol. The first kappa shape index (κ1) is 20.1. The molecule has 3 rings (SSSR count). The number of nitriles is 1. The molecule has 0 radical (unpaired) electrons. The zero-order chi connectivity index (χ0) is 21.0. The van der Waals surface area contributed by atoms with E-state index in [4.69, 9.17) is 5.26 Å². The summed E-state index contributed by atoms with van der Waals surface area (Å²) in [6.45, 7) is 1.11. The lowest BCUT2D eigenvalue weighted by Crippen LogP contribution is -2.42. The molecule has 0 saturated carbocycles. The van der Waals surface area contributed by atoms with E-state index in [1.807, 2.05) is 11.0 Å². The van der Waals surface area contributed by atoms with Crippen LogP contribution < -0.4 is 15.5 Å². The number of nitrogens with one attached hydrogen (secondary N) is 2. The maximum absolute atomic E-state index is 14.4. The molecule has 1 unspecified atom stereocenters. The smallest absolute Gasteiger partial charge is 0.293 e. The van der Waals surface area contributed by atoms with E-state index in [1.54, 1.807) is 12.1 Å². The quantitative estimate of drug-likeness (QED) is 0.593. The number of amides is 1. The molecule has 9 heteroatoms. The molecule has 0 aliphatic carbocycles. The normalized spacial score (nSPS) is 16.0. The molecule has 2 N–H and O–H groups in total. The minimum Gasteiger partial charge on any atom is -0.375 e. The predicted molar refractivity (Wildman–Crippen MR) is 106 cm³/mol. The summed E-state index contributed by atoms with van der Waals surface area (Å²) < 4.78 is 14.4.